The number of methoxy groups -OCH3 is 1. The van der Waals surface area contributed by atoms with Crippen molar-refractivity contribution >= 4 is 0 Å². The zero-order chi connectivity index (χ0) is 13.8. The predicted octanol–water partition coefficient (Wildman–Crippen LogP) is 2.96. The smallest absolute Gasteiger partial charge is 0.123 e. The molecule has 1 aromatic carbocycles. The second-order valence-electron chi connectivity index (χ2n) is 5.38. The second kappa shape index (κ2) is 6.40. The van der Waals surface area contributed by atoms with Gasteiger partial charge in [-0.15, -0.1) is 0 Å². The lowest BCUT2D eigenvalue weighted by Crippen LogP contribution is -2.25. The summed E-state index contributed by atoms with van der Waals surface area (Å²) in [6.07, 6.45) is 2.70. The lowest BCUT2D eigenvalue weighted by atomic mass is 10.0. The SMILES string of the molecule is CCN(Cc1cc(C(C)NC)ccc1OC)C1CC1. The molecule has 0 heterocycles. The first kappa shape index (κ1) is 14.4. The second-order valence-corrected chi connectivity index (χ2v) is 5.38. The monoisotopic (exact) mass is 262 g/mol. The summed E-state index contributed by atoms with van der Waals surface area (Å²) < 4.78 is 5.51. The molecule has 0 aliphatic heterocycles. The van der Waals surface area contributed by atoms with Crippen LogP contribution in [0.1, 0.15) is 43.9 Å². The third-order valence-corrected chi connectivity index (χ3v) is 4.08. The Labute approximate surface area is 116 Å². The van der Waals surface area contributed by atoms with Gasteiger partial charge in [0.2, 0.25) is 0 Å². The Hall–Kier alpha value is -1.06. The van der Waals surface area contributed by atoms with Gasteiger partial charge >= 0.3 is 0 Å². The van der Waals surface area contributed by atoms with Crippen molar-refractivity contribution in [3.63, 3.8) is 0 Å². The molecule has 0 radical (unpaired) electrons. The molecule has 1 unspecified atom stereocenters. The molecule has 1 fully saturated rings. The van der Waals surface area contributed by atoms with Crippen molar-refractivity contribution in [1.82, 2.24) is 10.2 Å². The number of nitrogens with zero attached hydrogens (tertiary/aromatic N) is 1. The number of hydrogen-bond acceptors (Lipinski definition) is 3. The van der Waals surface area contributed by atoms with Gasteiger partial charge in [0.05, 0.1) is 7.11 Å². The molecule has 0 spiro atoms. The van der Waals surface area contributed by atoms with Gasteiger partial charge in [-0.1, -0.05) is 13.0 Å². The molecule has 106 valence electrons. The summed E-state index contributed by atoms with van der Waals surface area (Å²) in [6, 6.07) is 7.70. The summed E-state index contributed by atoms with van der Waals surface area (Å²) in [5.74, 6) is 1.01. The van der Waals surface area contributed by atoms with E-state index in [1.807, 2.05) is 7.05 Å². The van der Waals surface area contributed by atoms with E-state index in [1.165, 1.54) is 24.0 Å². The number of hydrogen-bond donors (Lipinski definition) is 1. The normalized spacial score (nSPS) is 16.7. The number of benzene rings is 1. The van der Waals surface area contributed by atoms with Gasteiger partial charge in [-0.25, -0.2) is 0 Å². The van der Waals surface area contributed by atoms with E-state index < -0.39 is 0 Å². The minimum atomic E-state index is 0.376. The van der Waals surface area contributed by atoms with E-state index in [2.05, 4.69) is 42.3 Å². The number of rotatable bonds is 7. The molecule has 2 rings (SSSR count). The van der Waals surface area contributed by atoms with Crippen molar-refractivity contribution in [1.29, 1.82) is 0 Å². The average molecular weight is 262 g/mol. The van der Waals surface area contributed by atoms with Gasteiger partial charge in [-0.3, -0.25) is 4.90 Å². The molecule has 0 saturated heterocycles. The van der Waals surface area contributed by atoms with Crippen LogP contribution in [0.5, 0.6) is 5.75 Å². The summed E-state index contributed by atoms with van der Waals surface area (Å²) >= 11 is 0. The van der Waals surface area contributed by atoms with Crippen LogP contribution in [0.25, 0.3) is 0 Å². The van der Waals surface area contributed by atoms with Crippen LogP contribution in [0.4, 0.5) is 0 Å². The Morgan fingerprint density at radius 1 is 1.42 bits per heavy atom. The molecule has 3 heteroatoms. The van der Waals surface area contributed by atoms with Gasteiger partial charge in [0.25, 0.3) is 0 Å². The molecule has 1 saturated carbocycles. The topological polar surface area (TPSA) is 24.5 Å². The Morgan fingerprint density at radius 3 is 2.68 bits per heavy atom. The van der Waals surface area contributed by atoms with E-state index in [1.54, 1.807) is 7.11 Å². The summed E-state index contributed by atoms with van der Waals surface area (Å²) in [7, 11) is 3.75. The van der Waals surface area contributed by atoms with E-state index in [0.29, 0.717) is 6.04 Å². The quantitative estimate of drug-likeness (QED) is 0.817. The van der Waals surface area contributed by atoms with Crippen LogP contribution in [0.3, 0.4) is 0 Å². The van der Waals surface area contributed by atoms with Crippen molar-refractivity contribution in [2.24, 2.45) is 0 Å². The molecule has 1 aliphatic carbocycles. The van der Waals surface area contributed by atoms with Gasteiger partial charge in [0.1, 0.15) is 5.75 Å². The van der Waals surface area contributed by atoms with Crippen LogP contribution in [0.2, 0.25) is 0 Å². The summed E-state index contributed by atoms with van der Waals surface area (Å²) in [6.45, 7) is 6.53. The Morgan fingerprint density at radius 2 is 2.16 bits per heavy atom. The lowest BCUT2D eigenvalue weighted by Gasteiger charge is -2.22. The van der Waals surface area contributed by atoms with Gasteiger partial charge in [0.15, 0.2) is 0 Å². The van der Waals surface area contributed by atoms with Crippen molar-refractivity contribution in [3.8, 4) is 5.75 Å². The Balaban J connectivity index is 2.19. The highest BCUT2D eigenvalue weighted by atomic mass is 16.5. The molecular weight excluding hydrogens is 236 g/mol. The van der Waals surface area contributed by atoms with E-state index in [0.717, 1.165) is 24.9 Å². The minimum Gasteiger partial charge on any atom is -0.496 e. The highest BCUT2D eigenvalue weighted by Crippen LogP contribution is 2.31. The molecule has 0 aromatic heterocycles. The molecule has 1 aliphatic rings. The third kappa shape index (κ3) is 3.48. The highest BCUT2D eigenvalue weighted by Gasteiger charge is 2.28. The molecular formula is C16H26N2O. The Bertz CT molecular complexity index is 415. The van der Waals surface area contributed by atoms with Crippen molar-refractivity contribution < 1.29 is 4.74 Å². The van der Waals surface area contributed by atoms with Crippen molar-refractivity contribution in [2.45, 2.75) is 45.3 Å². The maximum atomic E-state index is 5.51. The fourth-order valence-corrected chi connectivity index (χ4v) is 2.52. The zero-order valence-corrected chi connectivity index (χ0v) is 12.6. The summed E-state index contributed by atoms with van der Waals surface area (Å²) in [4.78, 5) is 2.55. The van der Waals surface area contributed by atoms with Crippen LogP contribution >= 0.6 is 0 Å². The maximum Gasteiger partial charge on any atom is 0.123 e. The molecule has 19 heavy (non-hydrogen) atoms. The molecule has 1 atom stereocenters. The van der Waals surface area contributed by atoms with E-state index in [4.69, 9.17) is 4.74 Å². The van der Waals surface area contributed by atoms with Crippen LogP contribution in [0, 0.1) is 0 Å². The largest absolute Gasteiger partial charge is 0.496 e. The van der Waals surface area contributed by atoms with Gasteiger partial charge in [-0.2, -0.15) is 0 Å². The summed E-state index contributed by atoms with van der Waals surface area (Å²) in [5.41, 5.74) is 2.63. The molecule has 1 N–H and O–H groups in total. The molecule has 0 bridgehead atoms. The predicted molar refractivity (Wildman–Crippen MR) is 79.6 cm³/mol. The van der Waals surface area contributed by atoms with Crippen LogP contribution in [-0.4, -0.2) is 31.6 Å². The zero-order valence-electron chi connectivity index (χ0n) is 12.6. The maximum absolute atomic E-state index is 5.51. The van der Waals surface area contributed by atoms with Gasteiger partial charge in [0, 0.05) is 24.2 Å². The number of nitrogens with one attached hydrogen (secondary N) is 1. The van der Waals surface area contributed by atoms with E-state index in [9.17, 15) is 0 Å². The van der Waals surface area contributed by atoms with E-state index >= 15 is 0 Å². The third-order valence-electron chi connectivity index (χ3n) is 4.08. The van der Waals surface area contributed by atoms with Gasteiger partial charge < -0.3 is 10.1 Å². The van der Waals surface area contributed by atoms with Crippen LogP contribution < -0.4 is 10.1 Å². The fourth-order valence-electron chi connectivity index (χ4n) is 2.52. The van der Waals surface area contributed by atoms with E-state index in [-0.39, 0.29) is 0 Å². The standard InChI is InChI=1S/C16H26N2O/c1-5-18(15-7-8-15)11-14-10-13(12(2)17-3)6-9-16(14)19-4/h6,9-10,12,15,17H,5,7-8,11H2,1-4H3. The first-order valence-electron chi connectivity index (χ1n) is 7.27. The minimum absolute atomic E-state index is 0.376. The van der Waals surface area contributed by atoms with Crippen molar-refractivity contribution in [3.05, 3.63) is 29.3 Å². The highest BCUT2D eigenvalue weighted by molar-refractivity contribution is 5.38. The Kier molecular flexibility index (Phi) is 4.83. The molecule has 1 aromatic rings. The first-order chi connectivity index (χ1) is 9.19. The van der Waals surface area contributed by atoms with Crippen molar-refractivity contribution in [2.75, 3.05) is 20.7 Å². The first-order valence-corrected chi connectivity index (χ1v) is 7.27. The fraction of sp³-hybridized carbons (Fsp3) is 0.625. The molecule has 0 amide bonds. The number of ether oxygens (including phenoxy) is 1. The lowest BCUT2D eigenvalue weighted by molar-refractivity contribution is 0.264. The average Bonchev–Trinajstić information content (AvgIpc) is 3.28. The molecule has 3 nitrogen and oxygen atoms in total. The summed E-state index contributed by atoms with van der Waals surface area (Å²) in [5, 5.41) is 3.29. The van der Waals surface area contributed by atoms with Crippen LogP contribution in [-0.2, 0) is 6.54 Å². The van der Waals surface area contributed by atoms with Crippen LogP contribution in [0.15, 0.2) is 18.2 Å². The van der Waals surface area contributed by atoms with Gasteiger partial charge in [-0.05, 0) is 51.1 Å².